The molecule has 122 valence electrons. The fraction of sp³-hybridized carbons (Fsp3) is 0.0667. The quantitative estimate of drug-likeness (QED) is 0.610. The van der Waals surface area contributed by atoms with Crippen molar-refractivity contribution in [2.75, 3.05) is 12.8 Å². The number of fused-ring (bicyclic) bond motifs is 1. The molecule has 0 saturated heterocycles. The first kappa shape index (κ1) is 15.8. The maximum absolute atomic E-state index is 12.4. The summed E-state index contributed by atoms with van der Waals surface area (Å²) in [5.41, 5.74) is 5.28. The molecule has 2 heterocycles. The van der Waals surface area contributed by atoms with Crippen molar-refractivity contribution in [1.82, 2.24) is 9.88 Å². The van der Waals surface area contributed by atoms with Gasteiger partial charge in [-0.1, -0.05) is 11.6 Å². The summed E-state index contributed by atoms with van der Waals surface area (Å²) >= 11 is 6.10. The second-order valence-electron chi connectivity index (χ2n) is 4.93. The molecule has 0 radical (unpaired) electrons. The van der Waals surface area contributed by atoms with Crippen LogP contribution < -0.4 is 16.6 Å². The van der Waals surface area contributed by atoms with Gasteiger partial charge in [-0.25, -0.2) is 4.79 Å². The summed E-state index contributed by atoms with van der Waals surface area (Å²) in [6.45, 7) is 0. The Morgan fingerprint density at radius 2 is 1.92 bits per heavy atom. The third-order valence-electron chi connectivity index (χ3n) is 3.56. The summed E-state index contributed by atoms with van der Waals surface area (Å²) in [7, 11) is 1.21. The van der Waals surface area contributed by atoms with Crippen LogP contribution in [0.15, 0.2) is 29.1 Å². The molecule has 0 aliphatic carbocycles. The van der Waals surface area contributed by atoms with Crippen molar-refractivity contribution in [3.05, 3.63) is 56.3 Å². The van der Waals surface area contributed by atoms with Gasteiger partial charge in [-0.05, 0) is 18.2 Å². The van der Waals surface area contributed by atoms with E-state index in [1.54, 1.807) is 0 Å². The Hall–Kier alpha value is -3.13. The first-order valence-corrected chi connectivity index (χ1v) is 7.02. The molecule has 0 unspecified atom stereocenters. The van der Waals surface area contributed by atoms with E-state index >= 15 is 0 Å². The standard InChI is InChI=1S/C15H10ClN3O5/c1-24-15(23)6-2-3-8(16)9(4-6)19-10(20)5-7-11(12(19)17)14(22)18-13(7)21/h2-5H,17H2,1H3,(H,18,21,22). The number of nitrogens with two attached hydrogens (primary N) is 1. The van der Waals surface area contributed by atoms with Crippen LogP contribution in [0.1, 0.15) is 31.1 Å². The van der Waals surface area contributed by atoms with Crippen LogP contribution in [0.5, 0.6) is 0 Å². The molecule has 1 aliphatic rings. The number of rotatable bonds is 2. The zero-order valence-electron chi connectivity index (χ0n) is 12.3. The average Bonchev–Trinajstić information content (AvgIpc) is 2.82. The Morgan fingerprint density at radius 1 is 1.21 bits per heavy atom. The van der Waals surface area contributed by atoms with E-state index < -0.39 is 23.3 Å². The van der Waals surface area contributed by atoms with Crippen LogP contribution >= 0.6 is 11.6 Å². The summed E-state index contributed by atoms with van der Waals surface area (Å²) in [5.74, 6) is -2.28. The van der Waals surface area contributed by atoms with Crippen LogP contribution in [0.25, 0.3) is 5.69 Å². The van der Waals surface area contributed by atoms with Gasteiger partial charge in [0.15, 0.2) is 0 Å². The van der Waals surface area contributed by atoms with Gasteiger partial charge in [-0.2, -0.15) is 0 Å². The lowest BCUT2D eigenvalue weighted by Gasteiger charge is -2.14. The highest BCUT2D eigenvalue weighted by Gasteiger charge is 2.32. The lowest BCUT2D eigenvalue weighted by molar-refractivity contribution is 0.0600. The van der Waals surface area contributed by atoms with E-state index in [-0.39, 0.29) is 33.2 Å². The van der Waals surface area contributed by atoms with Crippen LogP contribution in [-0.4, -0.2) is 29.5 Å². The number of benzene rings is 1. The summed E-state index contributed by atoms with van der Waals surface area (Å²) in [5, 5.41) is 2.19. The predicted molar refractivity (Wildman–Crippen MR) is 84.6 cm³/mol. The molecule has 1 aromatic carbocycles. The second kappa shape index (κ2) is 5.50. The minimum absolute atomic E-state index is 0.0945. The molecule has 1 aliphatic heterocycles. The largest absolute Gasteiger partial charge is 0.465 e. The Labute approximate surface area is 139 Å². The molecule has 0 atom stereocenters. The topological polar surface area (TPSA) is 120 Å². The van der Waals surface area contributed by atoms with Crippen LogP contribution in [0, 0.1) is 0 Å². The molecule has 9 heteroatoms. The Bertz CT molecular complexity index is 980. The van der Waals surface area contributed by atoms with Crippen molar-refractivity contribution in [3.8, 4) is 5.69 Å². The smallest absolute Gasteiger partial charge is 0.337 e. The number of hydrogen-bond acceptors (Lipinski definition) is 6. The summed E-state index contributed by atoms with van der Waals surface area (Å²) < 4.78 is 5.59. The van der Waals surface area contributed by atoms with Gasteiger partial charge in [0.2, 0.25) is 0 Å². The van der Waals surface area contributed by atoms with Crippen molar-refractivity contribution in [3.63, 3.8) is 0 Å². The van der Waals surface area contributed by atoms with Gasteiger partial charge in [0.1, 0.15) is 5.82 Å². The molecule has 1 aromatic heterocycles. The number of ether oxygens (including phenoxy) is 1. The molecule has 3 rings (SSSR count). The molecule has 2 aromatic rings. The van der Waals surface area contributed by atoms with E-state index in [1.807, 2.05) is 0 Å². The number of esters is 1. The number of pyridine rings is 1. The number of imide groups is 1. The number of carbonyl (C=O) groups excluding carboxylic acids is 3. The van der Waals surface area contributed by atoms with E-state index in [1.165, 1.54) is 25.3 Å². The summed E-state index contributed by atoms with van der Waals surface area (Å²) in [4.78, 5) is 47.6. The molecule has 3 N–H and O–H groups in total. The fourth-order valence-electron chi connectivity index (χ4n) is 2.46. The summed E-state index contributed by atoms with van der Waals surface area (Å²) in [6.07, 6.45) is 0. The van der Waals surface area contributed by atoms with E-state index in [0.717, 1.165) is 10.6 Å². The van der Waals surface area contributed by atoms with E-state index in [9.17, 15) is 19.2 Å². The molecule has 24 heavy (non-hydrogen) atoms. The number of methoxy groups -OCH3 is 1. The van der Waals surface area contributed by atoms with Crippen LogP contribution in [0.4, 0.5) is 5.82 Å². The van der Waals surface area contributed by atoms with E-state index in [2.05, 4.69) is 10.1 Å². The SMILES string of the molecule is COC(=O)c1ccc(Cl)c(-n2c(N)c3c(cc2=O)C(=O)NC3=O)c1. The molecule has 0 bridgehead atoms. The number of anilines is 1. The number of nitrogens with one attached hydrogen (secondary N) is 1. The molecular weight excluding hydrogens is 338 g/mol. The maximum Gasteiger partial charge on any atom is 0.337 e. The number of carbonyl (C=O) groups is 3. The lowest BCUT2D eigenvalue weighted by atomic mass is 10.1. The van der Waals surface area contributed by atoms with Crippen molar-refractivity contribution in [2.24, 2.45) is 0 Å². The van der Waals surface area contributed by atoms with Crippen molar-refractivity contribution >= 4 is 35.2 Å². The Balaban J connectivity index is 2.31. The lowest BCUT2D eigenvalue weighted by Crippen LogP contribution is -2.24. The normalized spacial score (nSPS) is 12.8. The van der Waals surface area contributed by atoms with Crippen molar-refractivity contribution < 1.29 is 19.1 Å². The Morgan fingerprint density at radius 3 is 2.58 bits per heavy atom. The maximum atomic E-state index is 12.4. The number of halogens is 1. The van der Waals surface area contributed by atoms with E-state index in [0.29, 0.717) is 0 Å². The van der Waals surface area contributed by atoms with Gasteiger partial charge in [0, 0.05) is 6.07 Å². The van der Waals surface area contributed by atoms with Gasteiger partial charge < -0.3 is 10.5 Å². The average molecular weight is 348 g/mol. The van der Waals surface area contributed by atoms with Gasteiger partial charge in [0.25, 0.3) is 17.4 Å². The minimum Gasteiger partial charge on any atom is -0.465 e. The number of nitrogen functional groups attached to an aromatic ring is 1. The molecule has 2 amide bonds. The predicted octanol–water partition coefficient (Wildman–Crippen LogP) is 0.743. The monoisotopic (exact) mass is 347 g/mol. The third kappa shape index (κ3) is 2.24. The van der Waals surface area contributed by atoms with Crippen LogP contribution in [-0.2, 0) is 4.74 Å². The van der Waals surface area contributed by atoms with Crippen molar-refractivity contribution in [1.29, 1.82) is 0 Å². The van der Waals surface area contributed by atoms with Crippen LogP contribution in [0.3, 0.4) is 0 Å². The highest BCUT2D eigenvalue weighted by molar-refractivity contribution is 6.32. The second-order valence-corrected chi connectivity index (χ2v) is 5.34. The van der Waals surface area contributed by atoms with Gasteiger partial charge >= 0.3 is 5.97 Å². The summed E-state index contributed by atoms with van der Waals surface area (Å²) in [6, 6.07) is 5.12. The van der Waals surface area contributed by atoms with Crippen molar-refractivity contribution in [2.45, 2.75) is 0 Å². The number of hydrogen-bond donors (Lipinski definition) is 2. The molecule has 0 fully saturated rings. The fourth-order valence-corrected chi connectivity index (χ4v) is 2.66. The molecule has 0 spiro atoms. The number of aromatic nitrogens is 1. The highest BCUT2D eigenvalue weighted by atomic mass is 35.5. The molecular formula is C15H10ClN3O5. The van der Waals surface area contributed by atoms with Gasteiger partial charge in [-0.3, -0.25) is 24.3 Å². The molecule has 8 nitrogen and oxygen atoms in total. The minimum atomic E-state index is -0.707. The highest BCUT2D eigenvalue weighted by Crippen LogP contribution is 2.27. The zero-order chi connectivity index (χ0) is 17.6. The molecule has 0 saturated carbocycles. The van der Waals surface area contributed by atoms with Crippen LogP contribution in [0.2, 0.25) is 5.02 Å². The van der Waals surface area contributed by atoms with Gasteiger partial charge in [0.05, 0.1) is 34.5 Å². The first-order valence-electron chi connectivity index (χ1n) is 6.64. The number of amides is 2. The number of nitrogens with zero attached hydrogens (tertiary/aromatic N) is 1. The third-order valence-corrected chi connectivity index (χ3v) is 3.88. The van der Waals surface area contributed by atoms with E-state index in [4.69, 9.17) is 17.3 Å². The Kier molecular flexibility index (Phi) is 3.61. The first-order chi connectivity index (χ1) is 11.3. The zero-order valence-corrected chi connectivity index (χ0v) is 13.0. The van der Waals surface area contributed by atoms with Gasteiger partial charge in [-0.15, -0.1) is 0 Å².